The number of nitrogens with zero attached hydrogens (tertiary/aromatic N) is 1. The molecule has 0 aromatic heterocycles. The Kier molecular flexibility index (Phi) is 5.58. The van der Waals surface area contributed by atoms with Crippen LogP contribution >= 0.6 is 15.9 Å². The molecule has 0 bridgehead atoms. The highest BCUT2D eigenvalue weighted by molar-refractivity contribution is 9.10. The highest BCUT2D eigenvalue weighted by Crippen LogP contribution is 2.20. The van der Waals surface area contributed by atoms with Gasteiger partial charge in [-0.1, -0.05) is 29.8 Å². The summed E-state index contributed by atoms with van der Waals surface area (Å²) in [4.78, 5) is 2.38. The van der Waals surface area contributed by atoms with Gasteiger partial charge >= 0.3 is 0 Å². The van der Waals surface area contributed by atoms with Crippen molar-refractivity contribution < 1.29 is 4.39 Å². The van der Waals surface area contributed by atoms with Crippen molar-refractivity contribution in [2.75, 3.05) is 13.1 Å². The van der Waals surface area contributed by atoms with E-state index in [4.69, 9.17) is 0 Å². The highest BCUT2D eigenvalue weighted by atomic mass is 79.9. The molecule has 1 aliphatic heterocycles. The first-order chi connectivity index (χ1) is 9.45. The second kappa shape index (κ2) is 7.01. The van der Waals surface area contributed by atoms with Crippen LogP contribution in [0.25, 0.3) is 0 Å². The van der Waals surface area contributed by atoms with Crippen LogP contribution in [0.15, 0.2) is 22.7 Å². The summed E-state index contributed by atoms with van der Waals surface area (Å²) >= 11 is 3.42. The van der Waals surface area contributed by atoms with E-state index in [0.29, 0.717) is 24.5 Å². The number of hydrogen-bond donors (Lipinski definition) is 1. The summed E-state index contributed by atoms with van der Waals surface area (Å²) in [6.07, 6.45) is 1.17. The van der Waals surface area contributed by atoms with Crippen LogP contribution in [0.2, 0.25) is 0 Å². The largest absolute Gasteiger partial charge is 0.311 e. The summed E-state index contributed by atoms with van der Waals surface area (Å²) in [5.74, 6) is 0.574. The average molecular weight is 343 g/mol. The van der Waals surface area contributed by atoms with Crippen molar-refractivity contribution in [3.63, 3.8) is 0 Å². The quantitative estimate of drug-likeness (QED) is 0.895. The molecule has 0 saturated carbocycles. The van der Waals surface area contributed by atoms with Crippen molar-refractivity contribution in [2.24, 2.45) is 5.92 Å². The number of benzene rings is 1. The molecule has 1 fully saturated rings. The molecule has 1 saturated heterocycles. The molecular formula is C16H24BrFN2. The fourth-order valence-electron chi connectivity index (χ4n) is 2.82. The summed E-state index contributed by atoms with van der Waals surface area (Å²) in [7, 11) is 0. The van der Waals surface area contributed by atoms with Gasteiger partial charge in [0.2, 0.25) is 0 Å². The lowest BCUT2D eigenvalue weighted by atomic mass is 9.99. The third-order valence-corrected chi connectivity index (χ3v) is 4.41. The van der Waals surface area contributed by atoms with E-state index in [1.54, 1.807) is 6.07 Å². The zero-order valence-corrected chi connectivity index (χ0v) is 14.1. The van der Waals surface area contributed by atoms with E-state index in [1.165, 1.54) is 12.5 Å². The molecule has 0 amide bonds. The van der Waals surface area contributed by atoms with Gasteiger partial charge in [0, 0.05) is 41.8 Å². The van der Waals surface area contributed by atoms with E-state index in [-0.39, 0.29) is 5.82 Å². The molecule has 1 N–H and O–H groups in total. The Morgan fingerprint density at radius 3 is 2.90 bits per heavy atom. The zero-order valence-electron chi connectivity index (χ0n) is 12.5. The summed E-state index contributed by atoms with van der Waals surface area (Å²) in [5, 5.41) is 3.60. The smallest absolute Gasteiger partial charge is 0.127 e. The molecule has 2 rings (SSSR count). The molecule has 0 spiro atoms. The zero-order chi connectivity index (χ0) is 14.7. The predicted octanol–water partition coefficient (Wildman–Crippen LogP) is 3.80. The molecule has 2 unspecified atom stereocenters. The van der Waals surface area contributed by atoms with Gasteiger partial charge in [-0.15, -0.1) is 0 Å². The van der Waals surface area contributed by atoms with Crippen LogP contribution in [-0.4, -0.2) is 30.1 Å². The molecule has 1 aromatic carbocycles. The molecule has 20 heavy (non-hydrogen) atoms. The van der Waals surface area contributed by atoms with Gasteiger partial charge in [-0.3, -0.25) is 4.90 Å². The van der Waals surface area contributed by atoms with Crippen molar-refractivity contribution in [2.45, 2.75) is 45.8 Å². The number of piperazine rings is 1. The number of rotatable bonds is 4. The standard InChI is InChI=1S/C16H24BrFN2/c1-11(2)6-15-10-20(12(3)8-19-15)9-13-7-14(17)4-5-16(13)18/h4-5,7,11-12,15,19H,6,8-10H2,1-3H3. The van der Waals surface area contributed by atoms with Crippen molar-refractivity contribution in [3.05, 3.63) is 34.1 Å². The van der Waals surface area contributed by atoms with Crippen LogP contribution in [-0.2, 0) is 6.54 Å². The van der Waals surface area contributed by atoms with Crippen LogP contribution in [0.3, 0.4) is 0 Å². The molecule has 0 aliphatic carbocycles. The fraction of sp³-hybridized carbons (Fsp3) is 0.625. The van der Waals surface area contributed by atoms with Crippen molar-refractivity contribution in [1.82, 2.24) is 10.2 Å². The van der Waals surface area contributed by atoms with Gasteiger partial charge in [-0.25, -0.2) is 4.39 Å². The molecule has 2 atom stereocenters. The molecule has 1 aromatic rings. The second-order valence-corrected chi connectivity index (χ2v) is 7.16. The summed E-state index contributed by atoms with van der Waals surface area (Å²) in [6, 6.07) is 6.14. The van der Waals surface area contributed by atoms with Crippen molar-refractivity contribution in [1.29, 1.82) is 0 Å². The highest BCUT2D eigenvalue weighted by Gasteiger charge is 2.25. The maximum absolute atomic E-state index is 13.9. The molecule has 112 valence electrons. The normalized spacial score (nSPS) is 24.3. The van der Waals surface area contributed by atoms with Gasteiger partial charge in [-0.05, 0) is 37.5 Å². The predicted molar refractivity (Wildman–Crippen MR) is 85.2 cm³/mol. The SMILES string of the molecule is CC(C)CC1CN(Cc2cc(Br)ccc2F)C(C)CN1. The van der Waals surface area contributed by atoms with Crippen molar-refractivity contribution >= 4 is 15.9 Å². The molecule has 2 nitrogen and oxygen atoms in total. The Bertz CT molecular complexity index is 450. The number of halogens is 2. The Morgan fingerprint density at radius 1 is 1.45 bits per heavy atom. The first kappa shape index (κ1) is 15.9. The molecule has 1 aliphatic rings. The first-order valence-corrected chi connectivity index (χ1v) is 8.16. The van der Waals surface area contributed by atoms with E-state index >= 15 is 0 Å². The molecule has 0 radical (unpaired) electrons. The van der Waals surface area contributed by atoms with E-state index in [0.717, 1.165) is 23.1 Å². The maximum Gasteiger partial charge on any atom is 0.127 e. The monoisotopic (exact) mass is 342 g/mol. The van der Waals surface area contributed by atoms with Crippen LogP contribution in [0, 0.1) is 11.7 Å². The van der Waals surface area contributed by atoms with E-state index in [2.05, 4.69) is 46.9 Å². The number of hydrogen-bond acceptors (Lipinski definition) is 2. The van der Waals surface area contributed by atoms with Crippen LogP contribution in [0.4, 0.5) is 4.39 Å². The van der Waals surface area contributed by atoms with Gasteiger partial charge in [0.1, 0.15) is 5.82 Å². The maximum atomic E-state index is 13.9. The third-order valence-electron chi connectivity index (χ3n) is 3.92. The lowest BCUT2D eigenvalue weighted by Crippen LogP contribution is -2.55. The van der Waals surface area contributed by atoms with E-state index in [9.17, 15) is 4.39 Å². The van der Waals surface area contributed by atoms with Gasteiger partial charge in [0.05, 0.1) is 0 Å². The van der Waals surface area contributed by atoms with Crippen molar-refractivity contribution in [3.8, 4) is 0 Å². The average Bonchev–Trinajstić information content (AvgIpc) is 2.37. The van der Waals surface area contributed by atoms with E-state index in [1.807, 2.05) is 6.07 Å². The number of nitrogens with one attached hydrogen (secondary N) is 1. The summed E-state index contributed by atoms with van der Waals surface area (Å²) in [5.41, 5.74) is 0.774. The van der Waals surface area contributed by atoms with Crippen LogP contribution in [0.5, 0.6) is 0 Å². The first-order valence-electron chi connectivity index (χ1n) is 7.37. The summed E-state index contributed by atoms with van der Waals surface area (Å²) < 4.78 is 14.8. The lowest BCUT2D eigenvalue weighted by Gasteiger charge is -2.39. The molecular weight excluding hydrogens is 319 g/mol. The minimum atomic E-state index is -0.112. The second-order valence-electron chi connectivity index (χ2n) is 6.25. The minimum absolute atomic E-state index is 0.112. The van der Waals surface area contributed by atoms with Crippen LogP contribution in [0.1, 0.15) is 32.8 Å². The van der Waals surface area contributed by atoms with Crippen LogP contribution < -0.4 is 5.32 Å². The van der Waals surface area contributed by atoms with E-state index < -0.39 is 0 Å². The van der Waals surface area contributed by atoms with Gasteiger partial charge in [0.15, 0.2) is 0 Å². The third kappa shape index (κ3) is 4.27. The Balaban J connectivity index is 2.04. The fourth-order valence-corrected chi connectivity index (χ4v) is 3.23. The topological polar surface area (TPSA) is 15.3 Å². The molecule has 1 heterocycles. The lowest BCUT2D eigenvalue weighted by molar-refractivity contribution is 0.123. The van der Waals surface area contributed by atoms with Gasteiger partial charge in [0.25, 0.3) is 0 Å². The Morgan fingerprint density at radius 2 is 2.20 bits per heavy atom. The van der Waals surface area contributed by atoms with Gasteiger partial charge < -0.3 is 5.32 Å². The summed E-state index contributed by atoms with van der Waals surface area (Å²) in [6.45, 7) is 9.35. The Hall–Kier alpha value is -0.450. The Labute approximate surface area is 129 Å². The molecule has 4 heteroatoms. The minimum Gasteiger partial charge on any atom is -0.311 e. The van der Waals surface area contributed by atoms with Gasteiger partial charge in [-0.2, -0.15) is 0 Å².